The van der Waals surface area contributed by atoms with E-state index in [-0.39, 0.29) is 18.0 Å². The number of nitrogens with zero attached hydrogens (tertiary/aromatic N) is 1. The molecule has 0 radical (unpaired) electrons. The van der Waals surface area contributed by atoms with Crippen LogP contribution in [0.1, 0.15) is 33.1 Å². The van der Waals surface area contributed by atoms with Gasteiger partial charge in [0, 0.05) is 13.1 Å². The SMILES string of the molecule is CC1CN(c2ccccc2NS(=O)(=O)CCC2CC2)CC(C)O1. The van der Waals surface area contributed by atoms with Gasteiger partial charge in [0.25, 0.3) is 0 Å². The van der Waals surface area contributed by atoms with Gasteiger partial charge in [0.1, 0.15) is 0 Å². The van der Waals surface area contributed by atoms with Gasteiger partial charge in [-0.3, -0.25) is 4.72 Å². The molecule has 5 nitrogen and oxygen atoms in total. The molecule has 0 bridgehead atoms. The molecule has 1 saturated carbocycles. The fourth-order valence-corrected chi connectivity index (χ4v) is 4.41. The Balaban J connectivity index is 1.74. The van der Waals surface area contributed by atoms with Crippen LogP contribution in [-0.4, -0.2) is 39.5 Å². The van der Waals surface area contributed by atoms with Crippen LogP contribution >= 0.6 is 0 Å². The minimum atomic E-state index is -3.29. The quantitative estimate of drug-likeness (QED) is 0.866. The number of morpholine rings is 1. The summed E-state index contributed by atoms with van der Waals surface area (Å²) in [4.78, 5) is 2.21. The second-order valence-corrected chi connectivity index (χ2v) is 8.67. The lowest BCUT2D eigenvalue weighted by atomic mass is 10.2. The Morgan fingerprint density at radius 2 is 1.83 bits per heavy atom. The summed E-state index contributed by atoms with van der Waals surface area (Å²) < 4.78 is 33.2. The number of sulfonamides is 1. The van der Waals surface area contributed by atoms with Crippen molar-refractivity contribution in [1.82, 2.24) is 0 Å². The van der Waals surface area contributed by atoms with Gasteiger partial charge in [0.15, 0.2) is 0 Å². The molecule has 2 atom stereocenters. The number of hydrogen-bond donors (Lipinski definition) is 1. The number of nitrogens with one attached hydrogen (secondary N) is 1. The van der Waals surface area contributed by atoms with Gasteiger partial charge in [0.2, 0.25) is 10.0 Å². The highest BCUT2D eigenvalue weighted by molar-refractivity contribution is 7.92. The van der Waals surface area contributed by atoms with E-state index in [0.29, 0.717) is 11.6 Å². The van der Waals surface area contributed by atoms with Crippen molar-refractivity contribution in [3.05, 3.63) is 24.3 Å². The maximum atomic E-state index is 12.3. The molecule has 23 heavy (non-hydrogen) atoms. The molecule has 2 aliphatic rings. The van der Waals surface area contributed by atoms with E-state index in [0.717, 1.165) is 25.2 Å². The third kappa shape index (κ3) is 4.61. The number of benzene rings is 1. The third-order valence-corrected chi connectivity index (χ3v) is 5.73. The molecule has 1 aromatic rings. The number of hydrogen-bond acceptors (Lipinski definition) is 4. The van der Waals surface area contributed by atoms with Crippen molar-refractivity contribution in [2.45, 2.75) is 45.3 Å². The molecule has 1 N–H and O–H groups in total. The van der Waals surface area contributed by atoms with Crippen molar-refractivity contribution >= 4 is 21.4 Å². The predicted molar refractivity (Wildman–Crippen MR) is 93.4 cm³/mol. The normalized spacial score (nSPS) is 25.4. The number of rotatable bonds is 6. The maximum absolute atomic E-state index is 12.3. The first-order chi connectivity index (χ1) is 10.9. The van der Waals surface area contributed by atoms with E-state index >= 15 is 0 Å². The first-order valence-electron chi connectivity index (χ1n) is 8.43. The highest BCUT2D eigenvalue weighted by atomic mass is 32.2. The van der Waals surface area contributed by atoms with Crippen LogP contribution in [0.4, 0.5) is 11.4 Å². The van der Waals surface area contributed by atoms with Gasteiger partial charge in [-0.25, -0.2) is 8.42 Å². The fourth-order valence-electron chi connectivity index (χ4n) is 3.16. The molecule has 3 rings (SSSR count). The largest absolute Gasteiger partial charge is 0.372 e. The third-order valence-electron chi connectivity index (χ3n) is 4.42. The van der Waals surface area contributed by atoms with E-state index in [1.165, 1.54) is 12.8 Å². The number of para-hydroxylation sites is 2. The van der Waals surface area contributed by atoms with Gasteiger partial charge in [-0.2, -0.15) is 0 Å². The topological polar surface area (TPSA) is 58.6 Å². The summed E-state index contributed by atoms with van der Waals surface area (Å²) in [7, 11) is -3.29. The standard InChI is InChI=1S/C17H26N2O3S/c1-13-11-19(12-14(2)22-13)17-6-4-3-5-16(17)18-23(20,21)10-9-15-7-8-15/h3-6,13-15,18H,7-12H2,1-2H3. The zero-order valence-electron chi connectivity index (χ0n) is 13.9. The lowest BCUT2D eigenvalue weighted by Crippen LogP contribution is -2.45. The molecule has 0 amide bonds. The van der Waals surface area contributed by atoms with Gasteiger partial charge in [-0.15, -0.1) is 0 Å². The van der Waals surface area contributed by atoms with Crippen LogP contribution in [0.3, 0.4) is 0 Å². The Morgan fingerprint density at radius 3 is 2.48 bits per heavy atom. The summed E-state index contributed by atoms with van der Waals surface area (Å²) in [6, 6.07) is 7.63. The molecule has 0 aromatic heterocycles. The van der Waals surface area contributed by atoms with Crippen molar-refractivity contribution in [2.24, 2.45) is 5.92 Å². The van der Waals surface area contributed by atoms with Gasteiger partial charge in [0.05, 0.1) is 29.3 Å². The molecule has 2 fully saturated rings. The van der Waals surface area contributed by atoms with Crippen molar-refractivity contribution in [3.8, 4) is 0 Å². The lowest BCUT2D eigenvalue weighted by Gasteiger charge is -2.37. The van der Waals surface area contributed by atoms with E-state index in [1.54, 1.807) is 0 Å². The first kappa shape index (κ1) is 16.6. The summed E-state index contributed by atoms with van der Waals surface area (Å²) in [5.74, 6) is 0.824. The Bertz CT molecular complexity index is 633. The van der Waals surface area contributed by atoms with E-state index < -0.39 is 10.0 Å². The fraction of sp³-hybridized carbons (Fsp3) is 0.647. The van der Waals surface area contributed by atoms with E-state index in [2.05, 4.69) is 9.62 Å². The minimum absolute atomic E-state index is 0.137. The van der Waals surface area contributed by atoms with Crippen LogP contribution in [0.5, 0.6) is 0 Å². The Hall–Kier alpha value is -1.27. The average molecular weight is 338 g/mol. The molecule has 1 aromatic carbocycles. The van der Waals surface area contributed by atoms with Crippen LogP contribution < -0.4 is 9.62 Å². The summed E-state index contributed by atoms with van der Waals surface area (Å²) in [5, 5.41) is 0. The molecule has 1 aliphatic carbocycles. The molecule has 1 saturated heterocycles. The van der Waals surface area contributed by atoms with Crippen molar-refractivity contribution in [2.75, 3.05) is 28.5 Å². The van der Waals surface area contributed by atoms with Gasteiger partial charge in [-0.05, 0) is 38.3 Å². The number of ether oxygens (including phenoxy) is 1. The first-order valence-corrected chi connectivity index (χ1v) is 10.1. The summed E-state index contributed by atoms with van der Waals surface area (Å²) >= 11 is 0. The zero-order valence-corrected chi connectivity index (χ0v) is 14.7. The Kier molecular flexibility index (Phi) is 4.82. The zero-order chi connectivity index (χ0) is 16.4. The Morgan fingerprint density at radius 1 is 1.17 bits per heavy atom. The summed E-state index contributed by atoms with van der Waals surface area (Å²) in [6.45, 7) is 5.63. The summed E-state index contributed by atoms with van der Waals surface area (Å²) in [5.41, 5.74) is 1.61. The van der Waals surface area contributed by atoms with Crippen LogP contribution in [0, 0.1) is 5.92 Å². The Labute approximate surface area is 139 Å². The number of anilines is 2. The van der Waals surface area contributed by atoms with Crippen LogP contribution in [0.25, 0.3) is 0 Å². The summed E-state index contributed by atoms with van der Waals surface area (Å²) in [6.07, 6.45) is 3.39. The monoisotopic (exact) mass is 338 g/mol. The molecule has 128 valence electrons. The van der Waals surface area contributed by atoms with Gasteiger partial charge in [-0.1, -0.05) is 25.0 Å². The molecular weight excluding hydrogens is 312 g/mol. The van der Waals surface area contributed by atoms with Crippen molar-refractivity contribution in [1.29, 1.82) is 0 Å². The molecule has 1 heterocycles. The lowest BCUT2D eigenvalue weighted by molar-refractivity contribution is -0.00517. The second-order valence-electron chi connectivity index (χ2n) is 6.83. The molecule has 2 unspecified atom stereocenters. The van der Waals surface area contributed by atoms with Crippen molar-refractivity contribution < 1.29 is 13.2 Å². The van der Waals surface area contributed by atoms with E-state index in [1.807, 2.05) is 38.1 Å². The smallest absolute Gasteiger partial charge is 0.232 e. The molecule has 0 spiro atoms. The average Bonchev–Trinajstić information content (AvgIpc) is 3.28. The highest BCUT2D eigenvalue weighted by Gasteiger charge is 2.26. The predicted octanol–water partition coefficient (Wildman–Crippen LogP) is 2.84. The van der Waals surface area contributed by atoms with E-state index in [9.17, 15) is 8.42 Å². The molecular formula is C17H26N2O3S. The van der Waals surface area contributed by atoms with Gasteiger partial charge < -0.3 is 9.64 Å². The maximum Gasteiger partial charge on any atom is 0.232 e. The van der Waals surface area contributed by atoms with Crippen molar-refractivity contribution in [3.63, 3.8) is 0 Å². The minimum Gasteiger partial charge on any atom is -0.372 e. The highest BCUT2D eigenvalue weighted by Crippen LogP contribution is 2.33. The van der Waals surface area contributed by atoms with E-state index in [4.69, 9.17) is 4.74 Å². The second kappa shape index (κ2) is 6.69. The van der Waals surface area contributed by atoms with Gasteiger partial charge >= 0.3 is 0 Å². The van der Waals surface area contributed by atoms with Crippen LogP contribution in [0.15, 0.2) is 24.3 Å². The van der Waals surface area contributed by atoms with Crippen LogP contribution in [-0.2, 0) is 14.8 Å². The molecule has 6 heteroatoms. The molecule has 1 aliphatic heterocycles. The van der Waals surface area contributed by atoms with Crippen LogP contribution in [0.2, 0.25) is 0 Å².